The first-order chi connectivity index (χ1) is 7.27. The maximum absolute atomic E-state index is 12.2. The highest BCUT2D eigenvalue weighted by molar-refractivity contribution is 5.79. The zero-order chi connectivity index (χ0) is 10.7. The van der Waals surface area contributed by atoms with Gasteiger partial charge in [0.15, 0.2) is 0 Å². The van der Waals surface area contributed by atoms with Crippen LogP contribution < -0.4 is 5.73 Å². The molecule has 1 heterocycles. The molecule has 1 aliphatic carbocycles. The van der Waals surface area contributed by atoms with Crippen molar-refractivity contribution >= 4 is 5.91 Å². The Balaban J connectivity index is 1.88. The van der Waals surface area contributed by atoms with Crippen molar-refractivity contribution in [3.63, 3.8) is 0 Å². The molecule has 1 saturated carbocycles. The van der Waals surface area contributed by atoms with E-state index in [0.29, 0.717) is 11.8 Å². The van der Waals surface area contributed by atoms with Crippen LogP contribution in [0.4, 0.5) is 0 Å². The van der Waals surface area contributed by atoms with Crippen LogP contribution in [0.15, 0.2) is 0 Å². The van der Waals surface area contributed by atoms with Crippen LogP contribution >= 0.6 is 0 Å². The van der Waals surface area contributed by atoms with E-state index in [1.807, 2.05) is 4.90 Å². The van der Waals surface area contributed by atoms with Gasteiger partial charge in [0.05, 0.1) is 0 Å². The Bertz CT molecular complexity index is 224. The summed E-state index contributed by atoms with van der Waals surface area (Å²) in [5.41, 5.74) is 5.90. The summed E-state index contributed by atoms with van der Waals surface area (Å²) >= 11 is 0. The van der Waals surface area contributed by atoms with Crippen LogP contribution in [0.1, 0.15) is 44.9 Å². The molecule has 1 unspecified atom stereocenters. The van der Waals surface area contributed by atoms with Gasteiger partial charge in [0.25, 0.3) is 0 Å². The molecule has 3 nitrogen and oxygen atoms in total. The molecule has 2 fully saturated rings. The average molecular weight is 210 g/mol. The smallest absolute Gasteiger partial charge is 0.225 e. The zero-order valence-corrected chi connectivity index (χ0v) is 9.45. The van der Waals surface area contributed by atoms with Crippen LogP contribution in [0.2, 0.25) is 0 Å². The van der Waals surface area contributed by atoms with E-state index in [-0.39, 0.29) is 6.04 Å². The van der Waals surface area contributed by atoms with Gasteiger partial charge in [-0.25, -0.2) is 0 Å². The van der Waals surface area contributed by atoms with Crippen LogP contribution in [0.25, 0.3) is 0 Å². The van der Waals surface area contributed by atoms with Crippen LogP contribution in [0, 0.1) is 5.92 Å². The lowest BCUT2D eigenvalue weighted by atomic mass is 9.87. The van der Waals surface area contributed by atoms with Gasteiger partial charge < -0.3 is 10.6 Å². The maximum Gasteiger partial charge on any atom is 0.225 e. The fourth-order valence-corrected chi connectivity index (χ4v) is 2.82. The highest BCUT2D eigenvalue weighted by atomic mass is 16.2. The van der Waals surface area contributed by atoms with Crippen LogP contribution in [0.3, 0.4) is 0 Å². The molecular weight excluding hydrogens is 188 g/mol. The Morgan fingerprint density at radius 2 is 1.80 bits per heavy atom. The third-order valence-corrected chi connectivity index (χ3v) is 3.72. The molecule has 0 bridgehead atoms. The Labute approximate surface area is 92.0 Å². The van der Waals surface area contributed by atoms with Gasteiger partial charge in [-0.3, -0.25) is 4.79 Å². The number of nitrogens with zero attached hydrogens (tertiary/aromatic N) is 1. The minimum Gasteiger partial charge on any atom is -0.341 e. The van der Waals surface area contributed by atoms with Crippen molar-refractivity contribution in [2.45, 2.75) is 51.0 Å². The van der Waals surface area contributed by atoms with Crippen molar-refractivity contribution < 1.29 is 4.79 Å². The first kappa shape index (κ1) is 10.9. The number of amides is 1. The fourth-order valence-electron chi connectivity index (χ4n) is 2.82. The number of nitrogens with two attached hydrogens (primary N) is 1. The normalized spacial score (nSPS) is 29.1. The number of piperidine rings is 1. The SMILES string of the molecule is NC1CCCN(C(=O)C2CCCCC2)C1. The summed E-state index contributed by atoms with van der Waals surface area (Å²) < 4.78 is 0. The van der Waals surface area contributed by atoms with Crippen molar-refractivity contribution in [3.8, 4) is 0 Å². The zero-order valence-electron chi connectivity index (χ0n) is 9.45. The molecule has 1 aliphatic heterocycles. The number of hydrogen-bond acceptors (Lipinski definition) is 2. The van der Waals surface area contributed by atoms with E-state index in [4.69, 9.17) is 5.73 Å². The monoisotopic (exact) mass is 210 g/mol. The molecule has 2 N–H and O–H groups in total. The second-order valence-electron chi connectivity index (χ2n) is 5.02. The minimum absolute atomic E-state index is 0.214. The Kier molecular flexibility index (Phi) is 3.62. The lowest BCUT2D eigenvalue weighted by molar-refractivity contribution is -0.137. The summed E-state index contributed by atoms with van der Waals surface area (Å²) in [5, 5.41) is 0. The largest absolute Gasteiger partial charge is 0.341 e. The van der Waals surface area contributed by atoms with Crippen molar-refractivity contribution in [3.05, 3.63) is 0 Å². The molecule has 0 aromatic carbocycles. The first-order valence-corrected chi connectivity index (χ1v) is 6.32. The molecule has 0 aromatic rings. The standard InChI is InChI=1S/C12H22N2O/c13-11-7-4-8-14(9-11)12(15)10-5-2-1-3-6-10/h10-11H,1-9,13H2. The fraction of sp³-hybridized carbons (Fsp3) is 0.917. The predicted octanol–water partition coefficient (Wildman–Crippen LogP) is 1.52. The second-order valence-corrected chi connectivity index (χ2v) is 5.02. The first-order valence-electron chi connectivity index (χ1n) is 6.32. The molecule has 0 spiro atoms. The third kappa shape index (κ3) is 2.71. The molecule has 1 saturated heterocycles. The second kappa shape index (κ2) is 4.97. The molecular formula is C12H22N2O. The van der Waals surface area contributed by atoms with Gasteiger partial charge in [-0.2, -0.15) is 0 Å². The Morgan fingerprint density at radius 1 is 1.07 bits per heavy atom. The van der Waals surface area contributed by atoms with Crippen LogP contribution in [0.5, 0.6) is 0 Å². The van der Waals surface area contributed by atoms with Crippen LogP contribution in [-0.4, -0.2) is 29.9 Å². The summed E-state index contributed by atoms with van der Waals surface area (Å²) in [5.74, 6) is 0.689. The van der Waals surface area contributed by atoms with Crippen LogP contribution in [-0.2, 0) is 4.79 Å². The van der Waals surface area contributed by atoms with E-state index in [0.717, 1.165) is 38.8 Å². The highest BCUT2D eigenvalue weighted by Crippen LogP contribution is 2.26. The van der Waals surface area contributed by atoms with E-state index in [9.17, 15) is 4.79 Å². The van der Waals surface area contributed by atoms with Gasteiger partial charge >= 0.3 is 0 Å². The summed E-state index contributed by atoms with van der Waals surface area (Å²) in [6.07, 6.45) is 8.14. The lowest BCUT2D eigenvalue weighted by Gasteiger charge is -2.34. The molecule has 3 heteroatoms. The number of hydrogen-bond donors (Lipinski definition) is 1. The van der Waals surface area contributed by atoms with Gasteiger partial charge in [-0.1, -0.05) is 19.3 Å². The van der Waals surface area contributed by atoms with Crippen molar-refractivity contribution in [1.29, 1.82) is 0 Å². The number of carbonyl (C=O) groups is 1. The van der Waals surface area contributed by atoms with Crippen molar-refractivity contribution in [2.24, 2.45) is 11.7 Å². The topological polar surface area (TPSA) is 46.3 Å². The third-order valence-electron chi connectivity index (χ3n) is 3.72. The van der Waals surface area contributed by atoms with Gasteiger partial charge in [-0.05, 0) is 25.7 Å². The molecule has 0 radical (unpaired) electrons. The van der Waals surface area contributed by atoms with E-state index >= 15 is 0 Å². The van der Waals surface area contributed by atoms with E-state index in [1.165, 1.54) is 19.3 Å². The number of likely N-dealkylation sites (tertiary alicyclic amines) is 1. The predicted molar refractivity (Wildman–Crippen MR) is 60.4 cm³/mol. The molecule has 1 atom stereocenters. The van der Waals surface area contributed by atoms with Crippen molar-refractivity contribution in [2.75, 3.05) is 13.1 Å². The van der Waals surface area contributed by atoms with Gasteiger partial charge in [0, 0.05) is 25.0 Å². The molecule has 2 rings (SSSR count). The number of rotatable bonds is 1. The van der Waals surface area contributed by atoms with E-state index in [2.05, 4.69) is 0 Å². The quantitative estimate of drug-likeness (QED) is 0.713. The highest BCUT2D eigenvalue weighted by Gasteiger charge is 2.28. The van der Waals surface area contributed by atoms with E-state index in [1.54, 1.807) is 0 Å². The van der Waals surface area contributed by atoms with Gasteiger partial charge in [-0.15, -0.1) is 0 Å². The summed E-state index contributed by atoms with van der Waals surface area (Å²) in [4.78, 5) is 14.2. The summed E-state index contributed by atoms with van der Waals surface area (Å²) in [7, 11) is 0. The maximum atomic E-state index is 12.2. The molecule has 0 aromatic heterocycles. The summed E-state index contributed by atoms with van der Waals surface area (Å²) in [6, 6.07) is 0.214. The molecule has 86 valence electrons. The Morgan fingerprint density at radius 3 is 2.47 bits per heavy atom. The average Bonchev–Trinajstić information content (AvgIpc) is 2.29. The number of carbonyl (C=O) groups excluding carboxylic acids is 1. The van der Waals surface area contributed by atoms with Crippen molar-refractivity contribution in [1.82, 2.24) is 4.90 Å². The molecule has 15 heavy (non-hydrogen) atoms. The van der Waals surface area contributed by atoms with Gasteiger partial charge in [0.1, 0.15) is 0 Å². The van der Waals surface area contributed by atoms with E-state index < -0.39 is 0 Å². The lowest BCUT2D eigenvalue weighted by Crippen LogP contribution is -2.48. The Hall–Kier alpha value is -0.570. The summed E-state index contributed by atoms with van der Waals surface area (Å²) in [6.45, 7) is 1.72. The minimum atomic E-state index is 0.214. The molecule has 2 aliphatic rings. The molecule has 1 amide bonds. The van der Waals surface area contributed by atoms with Gasteiger partial charge in [0.2, 0.25) is 5.91 Å².